The van der Waals surface area contributed by atoms with Gasteiger partial charge in [0, 0.05) is 16.9 Å². The minimum absolute atomic E-state index is 0.0000713. The number of amides is 2. The van der Waals surface area contributed by atoms with Crippen molar-refractivity contribution in [3.8, 4) is 0 Å². The summed E-state index contributed by atoms with van der Waals surface area (Å²) in [5.41, 5.74) is 7.12. The Morgan fingerprint density at radius 3 is 2.32 bits per heavy atom. The van der Waals surface area contributed by atoms with E-state index in [0.717, 1.165) is 0 Å². The molecule has 5 nitrogen and oxygen atoms in total. The molecule has 0 unspecified atom stereocenters. The van der Waals surface area contributed by atoms with E-state index in [1.54, 1.807) is 31.2 Å². The number of benzene rings is 2. The lowest BCUT2D eigenvalue weighted by molar-refractivity contribution is -0.114. The summed E-state index contributed by atoms with van der Waals surface area (Å²) >= 11 is 0. The van der Waals surface area contributed by atoms with E-state index in [2.05, 4.69) is 10.6 Å². The molecule has 0 saturated carbocycles. The van der Waals surface area contributed by atoms with Crippen molar-refractivity contribution < 1.29 is 14.0 Å². The van der Waals surface area contributed by atoms with Gasteiger partial charge in [-0.3, -0.25) is 9.59 Å². The molecule has 22 heavy (non-hydrogen) atoms. The van der Waals surface area contributed by atoms with Crippen molar-refractivity contribution in [3.63, 3.8) is 0 Å². The summed E-state index contributed by atoms with van der Waals surface area (Å²) in [7, 11) is 0. The third-order valence-corrected chi connectivity index (χ3v) is 3.08. The first-order valence-electron chi connectivity index (χ1n) is 6.65. The molecule has 0 aliphatic carbocycles. The molecule has 0 bridgehead atoms. The second-order valence-electron chi connectivity index (χ2n) is 4.81. The van der Waals surface area contributed by atoms with Gasteiger partial charge < -0.3 is 16.4 Å². The second kappa shape index (κ2) is 6.71. The number of carbonyl (C=O) groups excluding carboxylic acids is 2. The number of carbonyl (C=O) groups is 2. The zero-order chi connectivity index (χ0) is 16.1. The molecule has 2 amide bonds. The Balaban J connectivity index is 1.89. The van der Waals surface area contributed by atoms with Crippen molar-refractivity contribution in [2.24, 2.45) is 5.73 Å². The van der Waals surface area contributed by atoms with Crippen LogP contribution in [0.2, 0.25) is 0 Å². The molecule has 6 heteroatoms. The minimum atomic E-state index is -0.527. The van der Waals surface area contributed by atoms with Gasteiger partial charge in [-0.05, 0) is 48.9 Å². The highest BCUT2D eigenvalue weighted by atomic mass is 19.1. The molecule has 2 aromatic carbocycles. The van der Waals surface area contributed by atoms with Crippen LogP contribution in [0.15, 0.2) is 42.5 Å². The molecule has 114 valence electrons. The van der Waals surface area contributed by atoms with Crippen LogP contribution >= 0.6 is 0 Å². The predicted molar refractivity (Wildman–Crippen MR) is 83.2 cm³/mol. The molecular weight excluding hydrogens is 285 g/mol. The first-order chi connectivity index (χ1) is 10.5. The van der Waals surface area contributed by atoms with E-state index >= 15 is 0 Å². The zero-order valence-corrected chi connectivity index (χ0v) is 12.0. The number of rotatable bonds is 5. The van der Waals surface area contributed by atoms with E-state index in [4.69, 9.17) is 5.73 Å². The first kappa shape index (κ1) is 15.5. The van der Waals surface area contributed by atoms with Gasteiger partial charge in [-0.2, -0.15) is 0 Å². The third-order valence-electron chi connectivity index (χ3n) is 3.08. The number of aryl methyl sites for hydroxylation is 1. The van der Waals surface area contributed by atoms with Crippen molar-refractivity contribution >= 4 is 23.2 Å². The highest BCUT2D eigenvalue weighted by molar-refractivity contribution is 5.96. The number of nitrogens with one attached hydrogen (secondary N) is 2. The molecule has 0 atom stereocenters. The van der Waals surface area contributed by atoms with Gasteiger partial charge in [0.05, 0.1) is 6.54 Å². The molecule has 0 fully saturated rings. The minimum Gasteiger partial charge on any atom is -0.376 e. The molecule has 0 spiro atoms. The van der Waals surface area contributed by atoms with E-state index in [0.29, 0.717) is 22.5 Å². The molecule has 2 aromatic rings. The van der Waals surface area contributed by atoms with E-state index in [1.165, 1.54) is 18.2 Å². The summed E-state index contributed by atoms with van der Waals surface area (Å²) in [6.45, 7) is 1.67. The van der Waals surface area contributed by atoms with Crippen LogP contribution in [0.25, 0.3) is 0 Å². The van der Waals surface area contributed by atoms with Crippen molar-refractivity contribution in [1.82, 2.24) is 0 Å². The summed E-state index contributed by atoms with van der Waals surface area (Å²) in [6.07, 6.45) is 0. The second-order valence-corrected chi connectivity index (χ2v) is 4.81. The Morgan fingerprint density at radius 1 is 1.09 bits per heavy atom. The van der Waals surface area contributed by atoms with Crippen molar-refractivity contribution in [3.05, 3.63) is 59.4 Å². The normalized spacial score (nSPS) is 10.1. The van der Waals surface area contributed by atoms with Crippen LogP contribution < -0.4 is 16.4 Å². The maximum atomic E-state index is 13.4. The Labute approximate surface area is 127 Å². The fraction of sp³-hybridized carbons (Fsp3) is 0.125. The number of anilines is 2. The molecule has 0 radical (unpaired) electrons. The quantitative estimate of drug-likeness (QED) is 0.792. The van der Waals surface area contributed by atoms with E-state index < -0.39 is 5.91 Å². The largest absolute Gasteiger partial charge is 0.376 e. The average Bonchev–Trinajstić information content (AvgIpc) is 2.49. The number of halogens is 1. The van der Waals surface area contributed by atoms with Crippen molar-refractivity contribution in [2.45, 2.75) is 6.92 Å². The van der Waals surface area contributed by atoms with Crippen LogP contribution in [0.5, 0.6) is 0 Å². The number of nitrogens with two attached hydrogens (primary N) is 1. The maximum Gasteiger partial charge on any atom is 0.248 e. The lowest BCUT2D eigenvalue weighted by atomic mass is 10.2. The zero-order valence-electron chi connectivity index (χ0n) is 12.0. The van der Waals surface area contributed by atoms with Crippen LogP contribution in [0.3, 0.4) is 0 Å². The Kier molecular flexibility index (Phi) is 4.73. The monoisotopic (exact) mass is 301 g/mol. The molecule has 0 heterocycles. The maximum absolute atomic E-state index is 13.4. The molecule has 4 N–H and O–H groups in total. The summed E-state index contributed by atoms with van der Waals surface area (Å²) in [5, 5.41) is 5.49. The van der Waals surface area contributed by atoms with Gasteiger partial charge in [-0.15, -0.1) is 0 Å². The fourth-order valence-corrected chi connectivity index (χ4v) is 1.81. The highest BCUT2D eigenvalue weighted by Gasteiger charge is 2.05. The van der Waals surface area contributed by atoms with Crippen LogP contribution in [0.4, 0.5) is 15.8 Å². The van der Waals surface area contributed by atoms with Crippen LogP contribution in [0, 0.1) is 12.7 Å². The van der Waals surface area contributed by atoms with Crippen molar-refractivity contribution in [2.75, 3.05) is 17.2 Å². The van der Waals surface area contributed by atoms with E-state index in [9.17, 15) is 14.0 Å². The van der Waals surface area contributed by atoms with E-state index in [-0.39, 0.29) is 18.3 Å². The molecule has 0 aromatic heterocycles. The average molecular weight is 301 g/mol. The third kappa shape index (κ3) is 4.05. The summed E-state index contributed by atoms with van der Waals surface area (Å²) in [4.78, 5) is 22.7. The fourth-order valence-electron chi connectivity index (χ4n) is 1.81. The summed E-state index contributed by atoms with van der Waals surface area (Å²) in [5.74, 6) is -1.14. The molecule has 2 rings (SSSR count). The van der Waals surface area contributed by atoms with E-state index in [1.807, 2.05) is 0 Å². The Hall–Kier alpha value is -2.89. The van der Waals surface area contributed by atoms with Gasteiger partial charge in [0.25, 0.3) is 0 Å². The van der Waals surface area contributed by atoms with Gasteiger partial charge in [-0.1, -0.05) is 6.07 Å². The summed E-state index contributed by atoms with van der Waals surface area (Å²) < 4.78 is 13.4. The van der Waals surface area contributed by atoms with Crippen molar-refractivity contribution in [1.29, 1.82) is 0 Å². The van der Waals surface area contributed by atoms with Gasteiger partial charge in [-0.25, -0.2) is 4.39 Å². The summed E-state index contributed by atoms with van der Waals surface area (Å²) in [6, 6.07) is 10.9. The molecule has 0 saturated heterocycles. The Morgan fingerprint density at radius 2 is 1.73 bits per heavy atom. The number of hydrogen-bond acceptors (Lipinski definition) is 3. The lowest BCUT2D eigenvalue weighted by Crippen LogP contribution is -2.21. The van der Waals surface area contributed by atoms with Gasteiger partial charge >= 0.3 is 0 Å². The van der Waals surface area contributed by atoms with Crippen LogP contribution in [-0.2, 0) is 4.79 Å². The molecule has 0 aliphatic heterocycles. The first-order valence-corrected chi connectivity index (χ1v) is 6.65. The van der Waals surface area contributed by atoms with Crippen LogP contribution in [-0.4, -0.2) is 18.4 Å². The number of hydrogen-bond donors (Lipinski definition) is 3. The smallest absolute Gasteiger partial charge is 0.248 e. The lowest BCUT2D eigenvalue weighted by Gasteiger charge is -2.09. The standard InChI is InChI=1S/C16H16FN3O2/c1-10-2-5-13(8-14(10)17)19-9-15(21)20-12-6-3-11(4-7-12)16(18)22/h2-8,19H,9H2,1H3,(H2,18,22)(H,20,21). The highest BCUT2D eigenvalue weighted by Crippen LogP contribution is 2.13. The SMILES string of the molecule is Cc1ccc(NCC(=O)Nc2ccc(C(N)=O)cc2)cc1F. The predicted octanol–water partition coefficient (Wildman–Crippen LogP) is 2.28. The topological polar surface area (TPSA) is 84.2 Å². The molecular formula is C16H16FN3O2. The van der Waals surface area contributed by atoms with Gasteiger partial charge in [0.2, 0.25) is 11.8 Å². The van der Waals surface area contributed by atoms with Gasteiger partial charge in [0.1, 0.15) is 5.82 Å². The van der Waals surface area contributed by atoms with Crippen LogP contribution in [0.1, 0.15) is 15.9 Å². The van der Waals surface area contributed by atoms with Gasteiger partial charge in [0.15, 0.2) is 0 Å². The Bertz CT molecular complexity index is 699. The number of primary amides is 1. The molecule has 0 aliphatic rings.